The van der Waals surface area contributed by atoms with Crippen LogP contribution in [0.15, 0.2) is 18.2 Å². The molecule has 1 heterocycles. The minimum Gasteiger partial charge on any atom is -0.383 e. The highest BCUT2D eigenvalue weighted by Gasteiger charge is 2.31. The van der Waals surface area contributed by atoms with Crippen LogP contribution in [0.2, 0.25) is 0 Å². The smallest absolute Gasteiger partial charge is 0.124 e. The number of methoxy groups -OCH3 is 1. The fraction of sp³-hybridized carbons (Fsp3) is 0.500. The van der Waals surface area contributed by atoms with E-state index in [9.17, 15) is 4.39 Å². The molecule has 19 heavy (non-hydrogen) atoms. The quantitative estimate of drug-likeness (QED) is 0.882. The number of ether oxygens (including phenoxy) is 1. The van der Waals surface area contributed by atoms with Gasteiger partial charge in [0.2, 0.25) is 0 Å². The van der Waals surface area contributed by atoms with E-state index in [0.29, 0.717) is 12.2 Å². The van der Waals surface area contributed by atoms with Crippen LogP contribution in [0.5, 0.6) is 0 Å². The summed E-state index contributed by atoms with van der Waals surface area (Å²) in [7, 11) is 1.67. The fourth-order valence-corrected chi connectivity index (χ4v) is 2.56. The van der Waals surface area contributed by atoms with E-state index in [-0.39, 0.29) is 17.8 Å². The Kier molecular flexibility index (Phi) is 4.48. The summed E-state index contributed by atoms with van der Waals surface area (Å²) in [6.45, 7) is 3.03. The molecule has 102 valence electrons. The molecule has 2 N–H and O–H groups in total. The molecule has 1 saturated heterocycles. The first-order chi connectivity index (χ1) is 9.13. The number of nitriles is 1. The second-order valence-electron chi connectivity index (χ2n) is 4.91. The van der Waals surface area contributed by atoms with Crippen LogP contribution in [0.4, 0.5) is 4.39 Å². The Bertz CT molecular complexity index is 486. The molecule has 0 aliphatic carbocycles. The van der Waals surface area contributed by atoms with E-state index >= 15 is 0 Å². The zero-order valence-corrected chi connectivity index (χ0v) is 11.0. The van der Waals surface area contributed by atoms with E-state index in [4.69, 9.17) is 15.7 Å². The van der Waals surface area contributed by atoms with Gasteiger partial charge in [0.25, 0.3) is 0 Å². The van der Waals surface area contributed by atoms with Crippen LogP contribution in [0.25, 0.3) is 0 Å². The van der Waals surface area contributed by atoms with Crippen molar-refractivity contribution >= 4 is 0 Å². The minimum absolute atomic E-state index is 0.0369. The van der Waals surface area contributed by atoms with Gasteiger partial charge in [-0.05, 0) is 23.8 Å². The van der Waals surface area contributed by atoms with E-state index in [2.05, 4.69) is 4.90 Å². The van der Waals surface area contributed by atoms with E-state index in [1.807, 2.05) is 6.07 Å². The molecule has 1 fully saturated rings. The number of hydrogen-bond donors (Lipinski definition) is 1. The summed E-state index contributed by atoms with van der Waals surface area (Å²) >= 11 is 0. The highest BCUT2D eigenvalue weighted by Crippen LogP contribution is 2.27. The van der Waals surface area contributed by atoms with Crippen molar-refractivity contribution in [1.82, 2.24) is 4.90 Å². The SMILES string of the molecule is COCCN1C[C@@H](N)[C@H](c2cc(F)cc(C#N)c2)C1. The summed E-state index contributed by atoms with van der Waals surface area (Å²) in [5.74, 6) is -0.309. The van der Waals surface area contributed by atoms with Crippen LogP contribution in [0, 0.1) is 17.1 Å². The number of nitrogens with zero attached hydrogens (tertiary/aromatic N) is 2. The van der Waals surface area contributed by atoms with Crippen molar-refractivity contribution in [1.29, 1.82) is 5.26 Å². The molecule has 1 aromatic rings. The summed E-state index contributed by atoms with van der Waals surface area (Å²) in [4.78, 5) is 2.20. The van der Waals surface area contributed by atoms with Gasteiger partial charge < -0.3 is 10.5 Å². The van der Waals surface area contributed by atoms with E-state index in [0.717, 1.165) is 25.2 Å². The maximum Gasteiger partial charge on any atom is 0.124 e. The first-order valence-corrected chi connectivity index (χ1v) is 6.31. The minimum atomic E-state index is -0.378. The Labute approximate surface area is 112 Å². The first kappa shape index (κ1) is 13.9. The number of rotatable bonds is 4. The number of halogens is 1. The van der Waals surface area contributed by atoms with Crippen molar-refractivity contribution < 1.29 is 9.13 Å². The normalized spacial score (nSPS) is 23.5. The summed E-state index contributed by atoms with van der Waals surface area (Å²) in [6.07, 6.45) is 0. The maximum absolute atomic E-state index is 13.5. The Morgan fingerprint density at radius 3 is 2.95 bits per heavy atom. The summed E-state index contributed by atoms with van der Waals surface area (Å²) < 4.78 is 18.5. The molecule has 0 unspecified atom stereocenters. The lowest BCUT2D eigenvalue weighted by Gasteiger charge is -2.16. The van der Waals surface area contributed by atoms with Crippen LogP contribution < -0.4 is 5.73 Å². The highest BCUT2D eigenvalue weighted by atomic mass is 19.1. The topological polar surface area (TPSA) is 62.3 Å². The van der Waals surface area contributed by atoms with Crippen LogP contribution in [0.1, 0.15) is 17.0 Å². The van der Waals surface area contributed by atoms with E-state index in [1.165, 1.54) is 12.1 Å². The molecule has 1 aromatic carbocycles. The van der Waals surface area contributed by atoms with Gasteiger partial charge in [0, 0.05) is 38.7 Å². The number of hydrogen-bond acceptors (Lipinski definition) is 4. The molecule has 2 atom stereocenters. The predicted octanol–water partition coefficient (Wildman–Crippen LogP) is 1.07. The maximum atomic E-state index is 13.5. The Morgan fingerprint density at radius 2 is 2.26 bits per heavy atom. The molecule has 0 amide bonds. The van der Waals surface area contributed by atoms with Gasteiger partial charge >= 0.3 is 0 Å². The lowest BCUT2D eigenvalue weighted by molar-refractivity contribution is 0.160. The lowest BCUT2D eigenvalue weighted by Crippen LogP contribution is -2.30. The molecule has 0 saturated carbocycles. The highest BCUT2D eigenvalue weighted by molar-refractivity contribution is 5.36. The third kappa shape index (κ3) is 3.29. The van der Waals surface area contributed by atoms with Gasteiger partial charge in [0.1, 0.15) is 5.82 Å². The Hall–Kier alpha value is -1.48. The molecule has 4 nitrogen and oxygen atoms in total. The molecule has 0 spiro atoms. The average molecular weight is 263 g/mol. The van der Waals surface area contributed by atoms with Gasteiger partial charge in [-0.1, -0.05) is 0 Å². The molecule has 1 aliphatic rings. The molecule has 5 heteroatoms. The van der Waals surface area contributed by atoms with Crippen LogP contribution >= 0.6 is 0 Å². The van der Waals surface area contributed by atoms with Crippen molar-refractivity contribution in [3.05, 3.63) is 35.1 Å². The predicted molar refractivity (Wildman–Crippen MR) is 70.1 cm³/mol. The van der Waals surface area contributed by atoms with Crippen molar-refractivity contribution in [3.63, 3.8) is 0 Å². The Morgan fingerprint density at radius 1 is 1.47 bits per heavy atom. The fourth-order valence-electron chi connectivity index (χ4n) is 2.56. The van der Waals surface area contributed by atoms with E-state index < -0.39 is 0 Å². The van der Waals surface area contributed by atoms with Crippen LogP contribution in [-0.2, 0) is 4.74 Å². The molecule has 0 bridgehead atoms. The zero-order chi connectivity index (χ0) is 13.8. The van der Waals surface area contributed by atoms with Gasteiger partial charge in [0.05, 0.1) is 18.2 Å². The van der Waals surface area contributed by atoms with Crippen LogP contribution in [0.3, 0.4) is 0 Å². The lowest BCUT2D eigenvalue weighted by atomic mass is 9.93. The van der Waals surface area contributed by atoms with E-state index in [1.54, 1.807) is 13.2 Å². The van der Waals surface area contributed by atoms with Crippen molar-refractivity contribution in [3.8, 4) is 6.07 Å². The second-order valence-corrected chi connectivity index (χ2v) is 4.91. The van der Waals surface area contributed by atoms with Crippen LogP contribution in [-0.4, -0.2) is 44.3 Å². The standard InChI is InChI=1S/C14H18FN3O/c1-19-3-2-18-8-13(14(17)9-18)11-4-10(7-16)5-12(15)6-11/h4-6,13-14H,2-3,8-9,17H2,1H3/t13-,14+/m0/s1. The van der Waals surface area contributed by atoms with Gasteiger partial charge in [0.15, 0.2) is 0 Å². The summed E-state index contributed by atoms with van der Waals surface area (Å²) in [5.41, 5.74) is 7.28. The third-order valence-electron chi connectivity index (χ3n) is 3.53. The molecular formula is C14H18FN3O. The summed E-state index contributed by atoms with van der Waals surface area (Å²) in [6, 6.07) is 6.39. The first-order valence-electron chi connectivity index (χ1n) is 6.31. The van der Waals surface area contributed by atoms with Crippen molar-refractivity contribution in [2.45, 2.75) is 12.0 Å². The second kappa shape index (κ2) is 6.11. The molecule has 2 rings (SSSR count). The number of likely N-dealkylation sites (tertiary alicyclic amines) is 1. The number of nitrogens with two attached hydrogens (primary N) is 1. The van der Waals surface area contributed by atoms with Crippen molar-refractivity contribution in [2.24, 2.45) is 5.73 Å². The van der Waals surface area contributed by atoms with Crippen molar-refractivity contribution in [2.75, 3.05) is 33.4 Å². The summed E-state index contributed by atoms with van der Waals surface area (Å²) in [5, 5.41) is 8.89. The Balaban J connectivity index is 2.14. The molecule has 0 radical (unpaired) electrons. The largest absolute Gasteiger partial charge is 0.383 e. The van der Waals surface area contributed by atoms with Gasteiger partial charge in [-0.3, -0.25) is 4.90 Å². The van der Waals surface area contributed by atoms with Gasteiger partial charge in [-0.15, -0.1) is 0 Å². The average Bonchev–Trinajstić information content (AvgIpc) is 2.76. The molecule has 0 aromatic heterocycles. The monoisotopic (exact) mass is 263 g/mol. The van der Waals surface area contributed by atoms with Gasteiger partial charge in [-0.2, -0.15) is 5.26 Å². The molecular weight excluding hydrogens is 245 g/mol. The third-order valence-corrected chi connectivity index (χ3v) is 3.53. The molecule has 1 aliphatic heterocycles. The van der Waals surface area contributed by atoms with Gasteiger partial charge in [-0.25, -0.2) is 4.39 Å². The number of benzene rings is 1. The zero-order valence-electron chi connectivity index (χ0n) is 11.0.